The molecule has 1 aromatic heterocycles. The molecule has 2 heterocycles. The molecule has 1 amide bonds. The molecule has 3 N–H and O–H groups in total. The Morgan fingerprint density at radius 1 is 1.29 bits per heavy atom. The summed E-state index contributed by atoms with van der Waals surface area (Å²) in [5.74, 6) is -0.122. The highest BCUT2D eigenvalue weighted by Gasteiger charge is 2.30. The summed E-state index contributed by atoms with van der Waals surface area (Å²) >= 11 is 1.31. The van der Waals surface area contributed by atoms with E-state index >= 15 is 0 Å². The molecule has 5 nitrogen and oxygen atoms in total. The molecule has 0 radical (unpaired) electrons. The predicted octanol–water partition coefficient (Wildman–Crippen LogP) is 3.62. The van der Waals surface area contributed by atoms with Crippen LogP contribution in [0.2, 0.25) is 0 Å². The smallest absolute Gasteiger partial charge is 0.381 e. The molecule has 1 atom stereocenters. The maximum Gasteiger partial charge on any atom is 0.416 e. The first-order valence-corrected chi connectivity index (χ1v) is 9.45. The van der Waals surface area contributed by atoms with E-state index in [1.165, 1.54) is 23.5 Å². The number of halogens is 4. The van der Waals surface area contributed by atoms with Gasteiger partial charge >= 0.3 is 6.18 Å². The molecular weight excluding hydrogens is 415 g/mol. The standard InChI is InChI=1S/C18H20F3N3O2S.ClH/c19-18(20,21)13-3-1-12(2-4-13)17-24-14(10-27-17)9-23-16(25)15(22)11-5-7-26-8-6-11;/h1-4,10-11,15H,5-9,22H2,(H,23,25);1H. The van der Waals surface area contributed by atoms with Gasteiger partial charge in [-0.3, -0.25) is 4.79 Å². The van der Waals surface area contributed by atoms with Crippen LogP contribution in [0.3, 0.4) is 0 Å². The lowest BCUT2D eigenvalue weighted by atomic mass is 9.92. The second-order valence-electron chi connectivity index (χ2n) is 6.41. The number of rotatable bonds is 5. The fourth-order valence-corrected chi connectivity index (χ4v) is 3.73. The van der Waals surface area contributed by atoms with Crippen molar-refractivity contribution >= 4 is 29.7 Å². The topological polar surface area (TPSA) is 77.2 Å². The fourth-order valence-electron chi connectivity index (χ4n) is 2.91. The maximum absolute atomic E-state index is 12.6. The minimum absolute atomic E-state index is 0. The van der Waals surface area contributed by atoms with E-state index in [2.05, 4.69) is 10.3 Å². The van der Waals surface area contributed by atoms with Crippen LogP contribution < -0.4 is 11.1 Å². The zero-order chi connectivity index (χ0) is 19.4. The van der Waals surface area contributed by atoms with Crippen LogP contribution in [0.1, 0.15) is 24.1 Å². The molecule has 0 bridgehead atoms. The molecule has 0 saturated carbocycles. The second kappa shape index (κ2) is 9.69. The van der Waals surface area contributed by atoms with Gasteiger partial charge in [-0.05, 0) is 30.9 Å². The molecule has 154 valence electrons. The Kier molecular flexibility index (Phi) is 7.82. The van der Waals surface area contributed by atoms with Gasteiger partial charge in [0, 0.05) is 24.2 Å². The van der Waals surface area contributed by atoms with Crippen molar-refractivity contribution in [3.05, 3.63) is 40.9 Å². The molecule has 10 heteroatoms. The number of nitrogens with zero attached hydrogens (tertiary/aromatic N) is 1. The molecule has 0 aliphatic carbocycles. The first-order chi connectivity index (χ1) is 12.8. The average Bonchev–Trinajstić information content (AvgIpc) is 3.14. The van der Waals surface area contributed by atoms with Gasteiger partial charge in [-0.15, -0.1) is 23.7 Å². The highest BCUT2D eigenvalue weighted by molar-refractivity contribution is 7.13. The summed E-state index contributed by atoms with van der Waals surface area (Å²) in [5.41, 5.74) is 6.57. The first kappa shape index (κ1) is 22.6. The van der Waals surface area contributed by atoms with E-state index in [4.69, 9.17) is 10.5 Å². The summed E-state index contributed by atoms with van der Waals surface area (Å²) in [4.78, 5) is 16.6. The van der Waals surface area contributed by atoms with Crippen LogP contribution >= 0.6 is 23.7 Å². The zero-order valence-corrected chi connectivity index (χ0v) is 16.5. The number of nitrogens with one attached hydrogen (secondary N) is 1. The lowest BCUT2D eigenvalue weighted by Gasteiger charge is -2.26. The Hall–Kier alpha value is -1.68. The largest absolute Gasteiger partial charge is 0.416 e. The summed E-state index contributed by atoms with van der Waals surface area (Å²) in [5, 5.41) is 5.15. The van der Waals surface area contributed by atoms with Crippen molar-refractivity contribution < 1.29 is 22.7 Å². The SMILES string of the molecule is Cl.NC(C(=O)NCc1csc(-c2ccc(C(F)(F)F)cc2)n1)C1CCOCC1. The third-order valence-corrected chi connectivity index (χ3v) is 5.47. The van der Waals surface area contributed by atoms with Gasteiger partial charge in [-0.2, -0.15) is 13.2 Å². The molecule has 1 aliphatic rings. The summed E-state index contributed by atoms with van der Waals surface area (Å²) in [6, 6.07) is 4.27. The third kappa shape index (κ3) is 5.66. The van der Waals surface area contributed by atoms with Crippen molar-refractivity contribution in [2.75, 3.05) is 13.2 Å². The van der Waals surface area contributed by atoms with E-state index in [-0.39, 0.29) is 30.8 Å². The number of carbonyl (C=O) groups is 1. The van der Waals surface area contributed by atoms with Crippen LogP contribution in [0.4, 0.5) is 13.2 Å². The van der Waals surface area contributed by atoms with Crippen molar-refractivity contribution in [1.29, 1.82) is 0 Å². The molecule has 2 aromatic rings. The van der Waals surface area contributed by atoms with Crippen molar-refractivity contribution in [1.82, 2.24) is 10.3 Å². The Labute approximate surface area is 170 Å². The minimum atomic E-state index is -4.36. The molecule has 0 spiro atoms. The molecular formula is C18H21ClF3N3O2S. The Bertz CT molecular complexity index is 777. The Morgan fingerprint density at radius 3 is 2.54 bits per heavy atom. The van der Waals surface area contributed by atoms with E-state index in [1.807, 2.05) is 0 Å². The molecule has 1 aromatic carbocycles. The number of thiazole rings is 1. The van der Waals surface area contributed by atoms with Crippen LogP contribution in [-0.4, -0.2) is 30.1 Å². The van der Waals surface area contributed by atoms with Gasteiger partial charge in [0.05, 0.1) is 23.8 Å². The van der Waals surface area contributed by atoms with Gasteiger partial charge in [-0.25, -0.2) is 4.98 Å². The number of aromatic nitrogens is 1. The van der Waals surface area contributed by atoms with E-state index in [1.54, 1.807) is 5.38 Å². The molecule has 1 aliphatic heterocycles. The maximum atomic E-state index is 12.6. The van der Waals surface area contributed by atoms with E-state index in [0.29, 0.717) is 29.5 Å². The van der Waals surface area contributed by atoms with Crippen molar-refractivity contribution in [2.45, 2.75) is 31.6 Å². The normalized spacial score (nSPS) is 16.3. The minimum Gasteiger partial charge on any atom is -0.381 e. The summed E-state index contributed by atoms with van der Waals surface area (Å²) in [6.45, 7) is 1.47. The summed E-state index contributed by atoms with van der Waals surface area (Å²) < 4.78 is 43.2. The van der Waals surface area contributed by atoms with E-state index < -0.39 is 17.8 Å². The molecule has 3 rings (SSSR count). The van der Waals surface area contributed by atoms with E-state index in [9.17, 15) is 18.0 Å². The Morgan fingerprint density at radius 2 is 1.93 bits per heavy atom. The number of alkyl halides is 3. The molecule has 1 unspecified atom stereocenters. The van der Waals surface area contributed by atoms with Crippen LogP contribution in [0.25, 0.3) is 10.6 Å². The van der Waals surface area contributed by atoms with Crippen LogP contribution in [0.15, 0.2) is 29.6 Å². The number of hydrogen-bond donors (Lipinski definition) is 2. The monoisotopic (exact) mass is 435 g/mol. The summed E-state index contributed by atoms with van der Waals surface area (Å²) in [6.07, 6.45) is -2.83. The lowest BCUT2D eigenvalue weighted by molar-refractivity contribution is -0.137. The molecule has 1 saturated heterocycles. The van der Waals surface area contributed by atoms with Crippen molar-refractivity contribution in [3.63, 3.8) is 0 Å². The zero-order valence-electron chi connectivity index (χ0n) is 14.9. The van der Waals surface area contributed by atoms with Crippen LogP contribution in [0.5, 0.6) is 0 Å². The average molecular weight is 436 g/mol. The number of ether oxygens (including phenoxy) is 1. The van der Waals surface area contributed by atoms with Gasteiger partial charge < -0.3 is 15.8 Å². The number of benzene rings is 1. The van der Waals surface area contributed by atoms with Gasteiger partial charge in [-0.1, -0.05) is 12.1 Å². The number of amides is 1. The van der Waals surface area contributed by atoms with Crippen LogP contribution in [0, 0.1) is 5.92 Å². The van der Waals surface area contributed by atoms with Gasteiger partial charge in [0.15, 0.2) is 0 Å². The third-order valence-electron chi connectivity index (χ3n) is 4.53. The fraction of sp³-hybridized carbons (Fsp3) is 0.444. The van der Waals surface area contributed by atoms with Crippen molar-refractivity contribution in [3.8, 4) is 10.6 Å². The van der Waals surface area contributed by atoms with Crippen LogP contribution in [-0.2, 0) is 22.3 Å². The van der Waals surface area contributed by atoms with E-state index in [0.717, 1.165) is 25.0 Å². The highest BCUT2D eigenvalue weighted by Crippen LogP contribution is 2.31. The second-order valence-corrected chi connectivity index (χ2v) is 7.27. The lowest BCUT2D eigenvalue weighted by Crippen LogP contribution is -2.46. The highest BCUT2D eigenvalue weighted by atomic mass is 35.5. The van der Waals surface area contributed by atoms with Gasteiger partial charge in [0.25, 0.3) is 0 Å². The van der Waals surface area contributed by atoms with Gasteiger partial charge in [0.2, 0.25) is 5.91 Å². The quantitative estimate of drug-likeness (QED) is 0.752. The Balaban J connectivity index is 0.00000280. The summed E-state index contributed by atoms with van der Waals surface area (Å²) in [7, 11) is 0. The van der Waals surface area contributed by atoms with Crippen molar-refractivity contribution in [2.24, 2.45) is 11.7 Å². The van der Waals surface area contributed by atoms with Gasteiger partial charge in [0.1, 0.15) is 5.01 Å². The molecule has 28 heavy (non-hydrogen) atoms. The molecule has 1 fully saturated rings. The number of nitrogens with two attached hydrogens (primary N) is 1. The first-order valence-electron chi connectivity index (χ1n) is 8.57. The number of carbonyl (C=O) groups excluding carboxylic acids is 1. The predicted molar refractivity (Wildman–Crippen MR) is 103 cm³/mol. The number of hydrogen-bond acceptors (Lipinski definition) is 5.